The first kappa shape index (κ1) is 15.7. The number of anilines is 1. The van der Waals surface area contributed by atoms with Crippen molar-refractivity contribution in [1.82, 2.24) is 15.0 Å². The minimum atomic E-state index is -3.62. The summed E-state index contributed by atoms with van der Waals surface area (Å²) < 4.78 is 26.5. The van der Waals surface area contributed by atoms with Gasteiger partial charge >= 0.3 is 0 Å². The maximum absolute atomic E-state index is 12.0. The Bertz CT molecular complexity index is 601. The number of pyridine rings is 1. The standard InChI is InChI=1S/C12H19N5O3S/c13-17-11-8-10(5-7-14-11)21(19,20)15-6-1-2-12(18)16-9-3-4-9/h5,7-9,15H,1-4,6,13H2,(H,14,17)(H,16,18). The Labute approximate surface area is 123 Å². The summed E-state index contributed by atoms with van der Waals surface area (Å²) in [7, 11) is -3.62. The molecule has 1 saturated carbocycles. The van der Waals surface area contributed by atoms with Gasteiger partial charge in [0.2, 0.25) is 15.9 Å². The first-order chi connectivity index (χ1) is 10.0. The third-order valence-electron chi connectivity index (χ3n) is 3.00. The van der Waals surface area contributed by atoms with Gasteiger partial charge in [0, 0.05) is 31.3 Å². The maximum Gasteiger partial charge on any atom is 0.240 e. The van der Waals surface area contributed by atoms with Gasteiger partial charge in [0.1, 0.15) is 5.82 Å². The van der Waals surface area contributed by atoms with Gasteiger partial charge in [0.05, 0.1) is 4.90 Å². The van der Waals surface area contributed by atoms with Crippen molar-refractivity contribution in [2.24, 2.45) is 5.84 Å². The number of hydrogen-bond donors (Lipinski definition) is 4. The summed E-state index contributed by atoms with van der Waals surface area (Å²) in [5, 5.41) is 2.85. The van der Waals surface area contributed by atoms with Crippen molar-refractivity contribution >= 4 is 21.7 Å². The van der Waals surface area contributed by atoms with Gasteiger partial charge in [-0.05, 0) is 25.3 Å². The molecule has 2 rings (SSSR count). The lowest BCUT2D eigenvalue weighted by molar-refractivity contribution is -0.121. The molecule has 0 saturated heterocycles. The lowest BCUT2D eigenvalue weighted by Crippen LogP contribution is -2.28. The first-order valence-electron chi connectivity index (χ1n) is 6.73. The number of nitrogens with zero attached hydrogens (tertiary/aromatic N) is 1. The molecule has 8 nitrogen and oxygen atoms in total. The van der Waals surface area contributed by atoms with E-state index in [0.29, 0.717) is 18.9 Å². The van der Waals surface area contributed by atoms with Crippen molar-refractivity contribution in [3.8, 4) is 0 Å². The Kier molecular flexibility index (Phi) is 5.10. The van der Waals surface area contributed by atoms with Gasteiger partial charge in [-0.25, -0.2) is 24.0 Å². The normalized spacial score (nSPS) is 14.7. The quantitative estimate of drug-likeness (QED) is 0.297. The lowest BCUT2D eigenvalue weighted by Gasteiger charge is -2.08. The molecule has 116 valence electrons. The van der Waals surface area contributed by atoms with Crippen LogP contribution in [0.4, 0.5) is 5.82 Å². The van der Waals surface area contributed by atoms with E-state index in [-0.39, 0.29) is 23.2 Å². The zero-order valence-electron chi connectivity index (χ0n) is 11.5. The molecule has 1 amide bonds. The second-order valence-corrected chi connectivity index (χ2v) is 6.63. The van der Waals surface area contributed by atoms with Crippen LogP contribution < -0.4 is 21.3 Å². The Balaban J connectivity index is 1.78. The van der Waals surface area contributed by atoms with Crippen LogP contribution in [0.15, 0.2) is 23.2 Å². The topological polar surface area (TPSA) is 126 Å². The van der Waals surface area contributed by atoms with Gasteiger partial charge in [-0.3, -0.25) is 4.79 Å². The molecule has 5 N–H and O–H groups in total. The summed E-state index contributed by atoms with van der Waals surface area (Å²) in [6.07, 6.45) is 4.19. The molecular formula is C12H19N5O3S. The fourth-order valence-corrected chi connectivity index (χ4v) is 2.81. The van der Waals surface area contributed by atoms with Gasteiger partial charge < -0.3 is 10.7 Å². The number of rotatable bonds is 8. The molecule has 0 aromatic carbocycles. The summed E-state index contributed by atoms with van der Waals surface area (Å²) in [6, 6.07) is 3.04. The minimum absolute atomic E-state index is 0.0322. The smallest absolute Gasteiger partial charge is 0.240 e. The number of aromatic nitrogens is 1. The van der Waals surface area contributed by atoms with Gasteiger partial charge in [0.25, 0.3) is 0 Å². The molecule has 1 aliphatic carbocycles. The van der Waals surface area contributed by atoms with Crippen LogP contribution in [-0.2, 0) is 14.8 Å². The fraction of sp³-hybridized carbons (Fsp3) is 0.500. The molecule has 0 unspecified atom stereocenters. The van der Waals surface area contributed by atoms with E-state index in [9.17, 15) is 13.2 Å². The summed E-state index contributed by atoms with van der Waals surface area (Å²) >= 11 is 0. The highest BCUT2D eigenvalue weighted by Gasteiger charge is 2.22. The molecule has 1 aromatic rings. The summed E-state index contributed by atoms with van der Waals surface area (Å²) in [4.78, 5) is 15.4. The first-order valence-corrected chi connectivity index (χ1v) is 8.21. The van der Waals surface area contributed by atoms with E-state index < -0.39 is 10.0 Å². The van der Waals surface area contributed by atoms with E-state index in [1.165, 1.54) is 18.3 Å². The van der Waals surface area contributed by atoms with Crippen molar-refractivity contribution in [2.75, 3.05) is 12.0 Å². The molecule has 1 fully saturated rings. The minimum Gasteiger partial charge on any atom is -0.353 e. The van der Waals surface area contributed by atoms with E-state index in [0.717, 1.165) is 12.8 Å². The van der Waals surface area contributed by atoms with Crippen molar-refractivity contribution in [1.29, 1.82) is 0 Å². The van der Waals surface area contributed by atoms with Crippen LogP contribution >= 0.6 is 0 Å². The Morgan fingerprint density at radius 2 is 2.19 bits per heavy atom. The molecule has 0 aliphatic heterocycles. The van der Waals surface area contributed by atoms with E-state index in [1.807, 2.05) is 0 Å². The van der Waals surface area contributed by atoms with Gasteiger partial charge in [0.15, 0.2) is 0 Å². The van der Waals surface area contributed by atoms with Crippen molar-refractivity contribution in [3.63, 3.8) is 0 Å². The maximum atomic E-state index is 12.0. The molecule has 0 bridgehead atoms. The summed E-state index contributed by atoms with van der Waals surface area (Å²) in [5.41, 5.74) is 2.29. The van der Waals surface area contributed by atoms with Crippen LogP contribution in [0.1, 0.15) is 25.7 Å². The van der Waals surface area contributed by atoms with Crippen molar-refractivity contribution in [3.05, 3.63) is 18.3 Å². The largest absolute Gasteiger partial charge is 0.353 e. The van der Waals surface area contributed by atoms with E-state index >= 15 is 0 Å². The zero-order chi connectivity index (χ0) is 15.3. The highest BCUT2D eigenvalue weighted by atomic mass is 32.2. The Morgan fingerprint density at radius 3 is 2.86 bits per heavy atom. The molecule has 9 heteroatoms. The number of hydrogen-bond acceptors (Lipinski definition) is 6. The number of carbonyl (C=O) groups excluding carboxylic acids is 1. The van der Waals surface area contributed by atoms with Crippen LogP contribution in [0.5, 0.6) is 0 Å². The second-order valence-electron chi connectivity index (χ2n) is 4.86. The highest BCUT2D eigenvalue weighted by molar-refractivity contribution is 7.89. The predicted octanol–water partition coefficient (Wildman–Crippen LogP) is -0.296. The molecule has 0 atom stereocenters. The average Bonchev–Trinajstić information content (AvgIpc) is 3.27. The van der Waals surface area contributed by atoms with Crippen LogP contribution in [0.25, 0.3) is 0 Å². The van der Waals surface area contributed by atoms with Crippen LogP contribution in [0, 0.1) is 0 Å². The average molecular weight is 313 g/mol. The van der Waals surface area contributed by atoms with Crippen LogP contribution in [0.3, 0.4) is 0 Å². The van der Waals surface area contributed by atoms with E-state index in [1.54, 1.807) is 0 Å². The van der Waals surface area contributed by atoms with Gasteiger partial charge in [-0.1, -0.05) is 0 Å². The number of nitrogen functional groups attached to an aromatic ring is 1. The molecule has 0 radical (unpaired) electrons. The zero-order valence-corrected chi connectivity index (χ0v) is 12.3. The number of nitrogens with one attached hydrogen (secondary N) is 3. The number of nitrogens with two attached hydrogens (primary N) is 1. The molecule has 0 spiro atoms. The molecular weight excluding hydrogens is 294 g/mol. The monoisotopic (exact) mass is 313 g/mol. The number of amides is 1. The lowest BCUT2D eigenvalue weighted by atomic mass is 10.3. The summed E-state index contributed by atoms with van der Waals surface area (Å²) in [5.74, 6) is 5.42. The van der Waals surface area contributed by atoms with E-state index in [2.05, 4.69) is 20.4 Å². The number of hydrazine groups is 1. The SMILES string of the molecule is NNc1cc(S(=O)(=O)NCCCC(=O)NC2CC2)ccn1. The molecule has 1 aromatic heterocycles. The third-order valence-corrected chi connectivity index (χ3v) is 4.46. The van der Waals surface area contributed by atoms with Crippen molar-refractivity contribution < 1.29 is 13.2 Å². The van der Waals surface area contributed by atoms with Crippen LogP contribution in [-0.4, -0.2) is 31.9 Å². The molecule has 1 aliphatic rings. The van der Waals surface area contributed by atoms with Gasteiger partial charge in [-0.2, -0.15) is 0 Å². The second kappa shape index (κ2) is 6.83. The third kappa shape index (κ3) is 4.96. The van der Waals surface area contributed by atoms with Crippen LogP contribution in [0.2, 0.25) is 0 Å². The number of carbonyl (C=O) groups is 1. The number of sulfonamides is 1. The van der Waals surface area contributed by atoms with Gasteiger partial charge in [-0.15, -0.1) is 0 Å². The Hall–Kier alpha value is -1.71. The fourth-order valence-electron chi connectivity index (χ4n) is 1.72. The highest BCUT2D eigenvalue weighted by Crippen LogP contribution is 2.18. The molecule has 1 heterocycles. The predicted molar refractivity (Wildman–Crippen MR) is 77.6 cm³/mol. The van der Waals surface area contributed by atoms with Crippen molar-refractivity contribution in [2.45, 2.75) is 36.6 Å². The summed E-state index contributed by atoms with van der Waals surface area (Å²) in [6.45, 7) is 0.203. The Morgan fingerprint density at radius 1 is 1.43 bits per heavy atom. The molecule has 21 heavy (non-hydrogen) atoms. The van der Waals surface area contributed by atoms with E-state index in [4.69, 9.17) is 5.84 Å².